The molecule has 2 aliphatic heterocycles. The SMILES string of the molecule is CC(C)(C)c1ccc(N2CCN(C(=O)NCCN3CCOCC3)CC2)cc1. The zero-order valence-electron chi connectivity index (χ0n) is 17.0. The Balaban J connectivity index is 1.40. The molecule has 3 rings (SSSR count). The van der Waals surface area contributed by atoms with Gasteiger partial charge in [-0.1, -0.05) is 32.9 Å². The molecule has 2 saturated heterocycles. The van der Waals surface area contributed by atoms with Crippen LogP contribution in [0.4, 0.5) is 10.5 Å². The minimum atomic E-state index is 0.0611. The smallest absolute Gasteiger partial charge is 0.317 e. The molecule has 6 heteroatoms. The Morgan fingerprint density at radius 1 is 1.00 bits per heavy atom. The molecule has 0 radical (unpaired) electrons. The van der Waals surface area contributed by atoms with Crippen molar-refractivity contribution in [3.05, 3.63) is 29.8 Å². The Bertz CT molecular complexity index is 598. The maximum absolute atomic E-state index is 12.4. The maximum atomic E-state index is 12.4. The number of piperazine rings is 1. The van der Waals surface area contributed by atoms with E-state index in [0.717, 1.165) is 59.0 Å². The van der Waals surface area contributed by atoms with Gasteiger partial charge in [0.25, 0.3) is 0 Å². The van der Waals surface area contributed by atoms with Crippen molar-refractivity contribution in [3.63, 3.8) is 0 Å². The van der Waals surface area contributed by atoms with E-state index in [1.54, 1.807) is 0 Å². The number of nitrogens with zero attached hydrogens (tertiary/aromatic N) is 3. The van der Waals surface area contributed by atoms with Gasteiger partial charge in [-0.25, -0.2) is 4.79 Å². The van der Waals surface area contributed by atoms with Crippen LogP contribution in [0.3, 0.4) is 0 Å². The van der Waals surface area contributed by atoms with E-state index in [4.69, 9.17) is 4.74 Å². The quantitative estimate of drug-likeness (QED) is 0.877. The monoisotopic (exact) mass is 374 g/mol. The molecule has 0 bridgehead atoms. The number of amides is 2. The number of ether oxygens (including phenoxy) is 1. The molecule has 2 amide bonds. The van der Waals surface area contributed by atoms with Gasteiger partial charge < -0.3 is 19.9 Å². The van der Waals surface area contributed by atoms with Crippen molar-refractivity contribution in [1.29, 1.82) is 0 Å². The third kappa shape index (κ3) is 5.59. The highest BCUT2D eigenvalue weighted by atomic mass is 16.5. The lowest BCUT2D eigenvalue weighted by Gasteiger charge is -2.36. The van der Waals surface area contributed by atoms with Gasteiger partial charge in [0.2, 0.25) is 0 Å². The largest absolute Gasteiger partial charge is 0.379 e. The molecule has 0 aromatic heterocycles. The van der Waals surface area contributed by atoms with E-state index < -0.39 is 0 Å². The van der Waals surface area contributed by atoms with Gasteiger partial charge in [-0.3, -0.25) is 4.90 Å². The molecule has 2 fully saturated rings. The van der Waals surface area contributed by atoms with Gasteiger partial charge in [-0.15, -0.1) is 0 Å². The van der Waals surface area contributed by atoms with Crippen molar-refractivity contribution in [3.8, 4) is 0 Å². The number of benzene rings is 1. The average Bonchev–Trinajstić information content (AvgIpc) is 2.68. The van der Waals surface area contributed by atoms with E-state index in [2.05, 4.69) is 60.2 Å². The van der Waals surface area contributed by atoms with Gasteiger partial charge in [-0.05, 0) is 23.1 Å². The summed E-state index contributed by atoms with van der Waals surface area (Å²) < 4.78 is 5.35. The standard InChI is InChI=1S/C21H34N4O2/c1-21(2,3)18-4-6-19(7-5-18)24-10-12-25(13-11-24)20(26)22-8-9-23-14-16-27-17-15-23/h4-7H,8-17H2,1-3H3,(H,22,26). The summed E-state index contributed by atoms with van der Waals surface area (Å²) in [6.45, 7) is 15.1. The molecule has 1 N–H and O–H groups in total. The van der Waals surface area contributed by atoms with E-state index in [1.165, 1.54) is 11.3 Å². The van der Waals surface area contributed by atoms with Crippen LogP contribution < -0.4 is 10.2 Å². The molecule has 1 aromatic carbocycles. The second kappa shape index (κ2) is 8.93. The molecule has 150 valence electrons. The summed E-state index contributed by atoms with van der Waals surface area (Å²) in [5, 5.41) is 3.06. The van der Waals surface area contributed by atoms with Crippen molar-refractivity contribution >= 4 is 11.7 Å². The summed E-state index contributed by atoms with van der Waals surface area (Å²) in [7, 11) is 0. The summed E-state index contributed by atoms with van der Waals surface area (Å²) in [4.78, 5) is 19.0. The number of carbonyl (C=O) groups is 1. The molecular formula is C21H34N4O2. The van der Waals surface area contributed by atoms with E-state index >= 15 is 0 Å². The Morgan fingerprint density at radius 2 is 1.63 bits per heavy atom. The first-order valence-electron chi connectivity index (χ1n) is 10.1. The first-order valence-corrected chi connectivity index (χ1v) is 10.1. The van der Waals surface area contributed by atoms with Gasteiger partial charge >= 0.3 is 6.03 Å². The van der Waals surface area contributed by atoms with Crippen molar-refractivity contribution < 1.29 is 9.53 Å². The molecule has 0 aliphatic carbocycles. The lowest BCUT2D eigenvalue weighted by molar-refractivity contribution is 0.0386. The number of hydrogen-bond acceptors (Lipinski definition) is 4. The van der Waals surface area contributed by atoms with Gasteiger partial charge in [0.1, 0.15) is 0 Å². The van der Waals surface area contributed by atoms with Crippen LogP contribution in [0.1, 0.15) is 26.3 Å². The van der Waals surface area contributed by atoms with Crippen LogP contribution in [0.5, 0.6) is 0 Å². The van der Waals surface area contributed by atoms with Crippen molar-refractivity contribution in [2.24, 2.45) is 0 Å². The molecule has 0 spiro atoms. The molecule has 6 nitrogen and oxygen atoms in total. The zero-order chi connectivity index (χ0) is 19.3. The highest BCUT2D eigenvalue weighted by Gasteiger charge is 2.22. The predicted octanol–water partition coefficient (Wildman–Crippen LogP) is 2.15. The molecule has 2 aliphatic rings. The number of anilines is 1. The average molecular weight is 375 g/mol. The fraction of sp³-hybridized carbons (Fsp3) is 0.667. The van der Waals surface area contributed by atoms with E-state index in [1.807, 2.05) is 4.90 Å². The van der Waals surface area contributed by atoms with Gasteiger partial charge in [0, 0.05) is 58.0 Å². The number of morpholine rings is 1. The molecule has 27 heavy (non-hydrogen) atoms. The van der Waals surface area contributed by atoms with Crippen molar-refractivity contribution in [2.45, 2.75) is 26.2 Å². The number of rotatable bonds is 4. The Morgan fingerprint density at radius 3 is 2.22 bits per heavy atom. The number of urea groups is 1. The van der Waals surface area contributed by atoms with Crippen LogP contribution in [-0.2, 0) is 10.2 Å². The third-order valence-electron chi connectivity index (χ3n) is 5.47. The summed E-state index contributed by atoms with van der Waals surface area (Å²) in [5.41, 5.74) is 2.77. The first-order chi connectivity index (χ1) is 12.9. The number of nitrogens with one attached hydrogen (secondary N) is 1. The van der Waals surface area contributed by atoms with E-state index in [9.17, 15) is 4.79 Å². The molecule has 0 saturated carbocycles. The summed E-state index contributed by atoms with van der Waals surface area (Å²) in [5.74, 6) is 0. The molecule has 0 unspecified atom stereocenters. The van der Waals surface area contributed by atoms with Crippen LogP contribution >= 0.6 is 0 Å². The second-order valence-electron chi connectivity index (χ2n) is 8.46. The summed E-state index contributed by atoms with van der Waals surface area (Å²) in [6.07, 6.45) is 0. The fourth-order valence-electron chi connectivity index (χ4n) is 3.60. The van der Waals surface area contributed by atoms with Crippen LogP contribution in [0.2, 0.25) is 0 Å². The molecule has 2 heterocycles. The van der Waals surface area contributed by atoms with Crippen LogP contribution in [0.15, 0.2) is 24.3 Å². The van der Waals surface area contributed by atoms with E-state index in [-0.39, 0.29) is 11.4 Å². The topological polar surface area (TPSA) is 48.0 Å². The normalized spacial score (nSPS) is 19.2. The lowest BCUT2D eigenvalue weighted by atomic mass is 9.87. The van der Waals surface area contributed by atoms with Gasteiger partial charge in [-0.2, -0.15) is 0 Å². The number of carbonyl (C=O) groups excluding carboxylic acids is 1. The predicted molar refractivity (Wildman–Crippen MR) is 110 cm³/mol. The highest BCUT2D eigenvalue weighted by Crippen LogP contribution is 2.25. The van der Waals surface area contributed by atoms with Crippen molar-refractivity contribution in [1.82, 2.24) is 15.1 Å². The summed E-state index contributed by atoms with van der Waals surface area (Å²) >= 11 is 0. The van der Waals surface area contributed by atoms with Crippen LogP contribution in [0.25, 0.3) is 0 Å². The Labute approximate surface area is 163 Å². The van der Waals surface area contributed by atoms with Gasteiger partial charge in [0.15, 0.2) is 0 Å². The highest BCUT2D eigenvalue weighted by molar-refractivity contribution is 5.74. The van der Waals surface area contributed by atoms with Crippen LogP contribution in [0, 0.1) is 0 Å². The first kappa shape index (κ1) is 20.0. The maximum Gasteiger partial charge on any atom is 0.317 e. The fourth-order valence-corrected chi connectivity index (χ4v) is 3.60. The minimum Gasteiger partial charge on any atom is -0.379 e. The minimum absolute atomic E-state index is 0.0611. The lowest BCUT2D eigenvalue weighted by Crippen LogP contribution is -2.52. The molecular weight excluding hydrogens is 340 g/mol. The second-order valence-corrected chi connectivity index (χ2v) is 8.46. The molecule has 1 aromatic rings. The van der Waals surface area contributed by atoms with E-state index in [0.29, 0.717) is 6.54 Å². The summed E-state index contributed by atoms with van der Waals surface area (Å²) in [6, 6.07) is 8.92. The van der Waals surface area contributed by atoms with Crippen LogP contribution in [-0.4, -0.2) is 81.4 Å². The van der Waals surface area contributed by atoms with Gasteiger partial charge in [0.05, 0.1) is 13.2 Å². The van der Waals surface area contributed by atoms with Crippen molar-refractivity contribution in [2.75, 3.05) is 70.5 Å². The Kier molecular flexibility index (Phi) is 6.60. The zero-order valence-corrected chi connectivity index (χ0v) is 17.0. The third-order valence-corrected chi connectivity index (χ3v) is 5.47. The Hall–Kier alpha value is -1.79. The number of hydrogen-bond donors (Lipinski definition) is 1. The molecule has 0 atom stereocenters.